The molecule has 0 radical (unpaired) electrons. The fraction of sp³-hybridized carbons (Fsp3) is 0.143. The minimum absolute atomic E-state index is 0.0791. The zero-order valence-corrected chi connectivity index (χ0v) is 15.3. The van der Waals surface area contributed by atoms with E-state index in [2.05, 4.69) is 4.72 Å². The number of hydrogen-bond acceptors (Lipinski definition) is 4. The van der Waals surface area contributed by atoms with Gasteiger partial charge in [-0.05, 0) is 42.8 Å². The number of rotatable bonds is 4. The predicted octanol–water partition coefficient (Wildman–Crippen LogP) is 3.51. The van der Waals surface area contributed by atoms with Crippen LogP contribution in [0.5, 0.6) is 0 Å². The van der Waals surface area contributed by atoms with Crippen LogP contribution >= 0.6 is 23.2 Å². The SMILES string of the molecule is Cc1c(Cl)cccc1NS(=O)(=O)c1cc(S(C)(=O)=O)ccc1Cl. The first-order valence-electron chi connectivity index (χ1n) is 6.30. The zero-order chi connectivity index (χ0) is 17.4. The minimum atomic E-state index is -4.07. The molecule has 0 aliphatic rings. The van der Waals surface area contributed by atoms with Gasteiger partial charge in [-0.3, -0.25) is 4.72 Å². The Hall–Kier alpha value is -1.28. The van der Waals surface area contributed by atoms with Gasteiger partial charge in [0.15, 0.2) is 9.84 Å². The molecule has 5 nitrogen and oxygen atoms in total. The summed E-state index contributed by atoms with van der Waals surface area (Å²) in [6.45, 7) is 1.66. The van der Waals surface area contributed by atoms with Crippen LogP contribution in [0.1, 0.15) is 5.56 Å². The summed E-state index contributed by atoms with van der Waals surface area (Å²) in [4.78, 5) is -0.452. The molecule has 1 N–H and O–H groups in total. The van der Waals surface area contributed by atoms with Gasteiger partial charge in [0.1, 0.15) is 4.90 Å². The average molecular weight is 394 g/mol. The van der Waals surface area contributed by atoms with Crippen molar-refractivity contribution in [1.29, 1.82) is 0 Å². The van der Waals surface area contributed by atoms with Crippen LogP contribution in [0.4, 0.5) is 5.69 Å². The molecular weight excluding hydrogens is 381 g/mol. The molecule has 0 fully saturated rings. The highest BCUT2D eigenvalue weighted by atomic mass is 35.5. The van der Waals surface area contributed by atoms with Crippen molar-refractivity contribution in [3.05, 3.63) is 52.0 Å². The van der Waals surface area contributed by atoms with Crippen LogP contribution < -0.4 is 4.72 Å². The van der Waals surface area contributed by atoms with Crippen molar-refractivity contribution < 1.29 is 16.8 Å². The van der Waals surface area contributed by atoms with Crippen LogP contribution in [0.2, 0.25) is 10.0 Å². The second kappa shape index (κ2) is 6.32. The van der Waals surface area contributed by atoms with Gasteiger partial charge in [-0.15, -0.1) is 0 Å². The van der Waals surface area contributed by atoms with E-state index in [4.69, 9.17) is 23.2 Å². The van der Waals surface area contributed by atoms with E-state index in [1.165, 1.54) is 12.1 Å². The number of nitrogens with one attached hydrogen (secondary N) is 1. The number of anilines is 1. The molecule has 124 valence electrons. The molecular formula is C14H13Cl2NO4S2. The van der Waals surface area contributed by atoms with Gasteiger partial charge in [0.05, 0.1) is 15.6 Å². The van der Waals surface area contributed by atoms with E-state index in [9.17, 15) is 16.8 Å². The Morgan fingerprint density at radius 2 is 1.61 bits per heavy atom. The number of hydrogen-bond donors (Lipinski definition) is 1. The molecule has 0 heterocycles. The monoisotopic (exact) mass is 393 g/mol. The fourth-order valence-corrected chi connectivity index (χ4v) is 4.38. The Morgan fingerprint density at radius 3 is 2.22 bits per heavy atom. The van der Waals surface area contributed by atoms with Crippen LogP contribution in [-0.2, 0) is 19.9 Å². The number of sulfonamides is 1. The average Bonchev–Trinajstić information content (AvgIpc) is 2.42. The molecule has 0 aliphatic carbocycles. The van der Waals surface area contributed by atoms with E-state index in [1.54, 1.807) is 25.1 Å². The summed E-state index contributed by atoms with van der Waals surface area (Å²) in [7, 11) is -7.63. The summed E-state index contributed by atoms with van der Waals surface area (Å²) < 4.78 is 50.6. The van der Waals surface area contributed by atoms with Crippen molar-refractivity contribution in [1.82, 2.24) is 0 Å². The molecule has 0 bridgehead atoms. The van der Waals surface area contributed by atoms with Gasteiger partial charge in [0.25, 0.3) is 10.0 Å². The molecule has 2 aromatic carbocycles. The molecule has 23 heavy (non-hydrogen) atoms. The van der Waals surface area contributed by atoms with Gasteiger partial charge in [0.2, 0.25) is 0 Å². The first kappa shape index (κ1) is 18.1. The summed E-state index contributed by atoms with van der Waals surface area (Å²) in [5.74, 6) is 0. The van der Waals surface area contributed by atoms with Crippen LogP contribution in [0.3, 0.4) is 0 Å². The fourth-order valence-electron chi connectivity index (χ4n) is 1.84. The van der Waals surface area contributed by atoms with Gasteiger partial charge < -0.3 is 0 Å². The van der Waals surface area contributed by atoms with Crippen molar-refractivity contribution in [2.24, 2.45) is 0 Å². The van der Waals surface area contributed by atoms with Crippen molar-refractivity contribution in [2.45, 2.75) is 16.7 Å². The van der Waals surface area contributed by atoms with E-state index in [0.29, 0.717) is 16.3 Å². The van der Waals surface area contributed by atoms with Gasteiger partial charge in [-0.2, -0.15) is 0 Å². The van der Waals surface area contributed by atoms with Gasteiger partial charge in [-0.25, -0.2) is 16.8 Å². The van der Waals surface area contributed by atoms with Gasteiger partial charge in [-0.1, -0.05) is 29.3 Å². The highest BCUT2D eigenvalue weighted by Crippen LogP contribution is 2.29. The number of sulfone groups is 1. The van der Waals surface area contributed by atoms with Crippen molar-refractivity contribution in [3.63, 3.8) is 0 Å². The van der Waals surface area contributed by atoms with E-state index in [0.717, 1.165) is 12.3 Å². The van der Waals surface area contributed by atoms with Crippen LogP contribution in [-0.4, -0.2) is 23.1 Å². The predicted molar refractivity (Wildman–Crippen MR) is 91.6 cm³/mol. The Balaban J connectivity index is 2.54. The molecule has 0 aliphatic heterocycles. The zero-order valence-electron chi connectivity index (χ0n) is 12.2. The first-order valence-corrected chi connectivity index (χ1v) is 10.4. The summed E-state index contributed by atoms with van der Waals surface area (Å²) >= 11 is 11.9. The standard InChI is InChI=1S/C14H13Cl2NO4S2/c1-9-11(15)4-3-5-13(9)17-23(20,21)14-8-10(22(2,18)19)6-7-12(14)16/h3-8,17H,1-2H3. The maximum atomic E-state index is 12.5. The molecule has 2 aromatic rings. The van der Waals surface area contributed by atoms with Crippen molar-refractivity contribution in [2.75, 3.05) is 11.0 Å². The largest absolute Gasteiger partial charge is 0.279 e. The third-order valence-electron chi connectivity index (χ3n) is 3.13. The van der Waals surface area contributed by atoms with Gasteiger partial charge >= 0.3 is 0 Å². The molecule has 0 amide bonds. The van der Waals surface area contributed by atoms with Crippen LogP contribution in [0.25, 0.3) is 0 Å². The van der Waals surface area contributed by atoms with Crippen LogP contribution in [0, 0.1) is 6.92 Å². The lowest BCUT2D eigenvalue weighted by Crippen LogP contribution is -2.15. The Labute approximate surface area is 145 Å². The van der Waals surface area contributed by atoms with E-state index in [-0.39, 0.29) is 14.8 Å². The molecule has 0 unspecified atom stereocenters. The van der Waals surface area contributed by atoms with E-state index in [1.807, 2.05) is 0 Å². The third-order valence-corrected chi connectivity index (χ3v) is 6.50. The second-order valence-electron chi connectivity index (χ2n) is 4.88. The van der Waals surface area contributed by atoms with Gasteiger partial charge in [0, 0.05) is 11.3 Å². The Bertz CT molecular complexity index is 970. The molecule has 0 saturated heterocycles. The molecule has 0 saturated carbocycles. The smallest absolute Gasteiger partial charge is 0.263 e. The number of benzene rings is 2. The highest BCUT2D eigenvalue weighted by Gasteiger charge is 2.22. The summed E-state index contributed by atoms with van der Waals surface area (Å²) in [5.41, 5.74) is 0.839. The molecule has 0 spiro atoms. The maximum Gasteiger partial charge on any atom is 0.263 e. The van der Waals surface area contributed by atoms with Crippen LogP contribution in [0.15, 0.2) is 46.2 Å². The molecule has 0 aromatic heterocycles. The third kappa shape index (κ3) is 3.98. The molecule has 9 heteroatoms. The normalized spacial score (nSPS) is 12.2. The number of halogens is 2. The summed E-state index contributed by atoms with van der Waals surface area (Å²) in [6, 6.07) is 8.29. The summed E-state index contributed by atoms with van der Waals surface area (Å²) in [6.07, 6.45) is 0.987. The molecule has 2 rings (SSSR count). The lowest BCUT2D eigenvalue weighted by Gasteiger charge is -2.13. The maximum absolute atomic E-state index is 12.5. The second-order valence-corrected chi connectivity index (χ2v) is 9.36. The quantitative estimate of drug-likeness (QED) is 0.861. The Kier molecular flexibility index (Phi) is 4.96. The minimum Gasteiger partial charge on any atom is -0.279 e. The van der Waals surface area contributed by atoms with Crippen molar-refractivity contribution >= 4 is 48.7 Å². The van der Waals surface area contributed by atoms with E-state index < -0.39 is 19.9 Å². The lowest BCUT2D eigenvalue weighted by atomic mass is 10.2. The molecule has 0 atom stereocenters. The lowest BCUT2D eigenvalue weighted by molar-refractivity contribution is 0.599. The van der Waals surface area contributed by atoms with Crippen molar-refractivity contribution in [3.8, 4) is 0 Å². The first-order chi connectivity index (χ1) is 10.5. The highest BCUT2D eigenvalue weighted by molar-refractivity contribution is 7.93. The van der Waals surface area contributed by atoms with E-state index >= 15 is 0 Å². The Morgan fingerprint density at radius 1 is 0.957 bits per heavy atom. The topological polar surface area (TPSA) is 80.3 Å². The summed E-state index contributed by atoms with van der Waals surface area (Å²) in [5, 5.41) is 0.325.